The molecule has 27 heavy (non-hydrogen) atoms. The van der Waals surface area contributed by atoms with Crippen molar-refractivity contribution in [2.24, 2.45) is 5.92 Å². The first-order valence-electron chi connectivity index (χ1n) is 9.86. The second-order valence-corrected chi connectivity index (χ2v) is 7.72. The molecule has 4 nitrogen and oxygen atoms in total. The normalized spacial score (nSPS) is 21.8. The minimum Gasteiger partial charge on any atom is -0.286 e. The molecule has 0 aliphatic carbocycles. The van der Waals surface area contributed by atoms with E-state index in [2.05, 4.69) is 35.2 Å². The Bertz CT molecular complexity index is 783. The van der Waals surface area contributed by atoms with Gasteiger partial charge < -0.3 is 0 Å². The Hall–Kier alpha value is -2.46. The third-order valence-electron chi connectivity index (χ3n) is 5.86. The number of benzene rings is 2. The van der Waals surface area contributed by atoms with Gasteiger partial charge in [-0.15, -0.1) is 0 Å². The van der Waals surface area contributed by atoms with Crippen LogP contribution in [0.25, 0.3) is 0 Å². The van der Waals surface area contributed by atoms with Gasteiger partial charge in [0.1, 0.15) is 0 Å². The summed E-state index contributed by atoms with van der Waals surface area (Å²) in [7, 11) is 0. The number of rotatable bonds is 5. The molecule has 2 aromatic carbocycles. The lowest BCUT2D eigenvalue weighted by Crippen LogP contribution is -2.44. The fourth-order valence-electron chi connectivity index (χ4n) is 4.26. The van der Waals surface area contributed by atoms with Gasteiger partial charge in [0.25, 0.3) is 0 Å². The van der Waals surface area contributed by atoms with E-state index in [-0.39, 0.29) is 17.7 Å². The van der Waals surface area contributed by atoms with Crippen LogP contribution in [0, 0.1) is 5.92 Å². The van der Waals surface area contributed by atoms with Crippen LogP contribution >= 0.6 is 0 Å². The van der Waals surface area contributed by atoms with Gasteiger partial charge in [0, 0.05) is 19.5 Å². The zero-order valence-corrected chi connectivity index (χ0v) is 15.6. The van der Waals surface area contributed by atoms with Gasteiger partial charge in [-0.2, -0.15) is 0 Å². The third-order valence-corrected chi connectivity index (χ3v) is 5.86. The van der Waals surface area contributed by atoms with Gasteiger partial charge >= 0.3 is 0 Å². The number of likely N-dealkylation sites (tertiary alicyclic amines) is 2. The number of carbonyl (C=O) groups excluding carboxylic acids is 2. The Balaban J connectivity index is 1.31. The number of carbonyl (C=O) groups is 2. The highest BCUT2D eigenvalue weighted by atomic mass is 16.2. The van der Waals surface area contributed by atoms with E-state index in [1.54, 1.807) is 0 Å². The molecule has 2 aliphatic heterocycles. The molecule has 2 saturated heterocycles. The summed E-state index contributed by atoms with van der Waals surface area (Å²) in [5, 5.41) is 0. The minimum absolute atomic E-state index is 0.0414. The molecule has 0 N–H and O–H groups in total. The largest absolute Gasteiger partial charge is 0.286 e. The molecule has 2 aromatic rings. The standard InChI is InChI=1S/C23H26N2O2/c26-22-16-21(20-9-5-2-6-10-20)23(27)25(22)17-24-13-11-19(12-14-24)15-18-7-3-1-4-8-18/h1-10,19,21H,11-17H2/t21-/m1/s1. The van der Waals surface area contributed by atoms with Gasteiger partial charge in [-0.25, -0.2) is 0 Å². The van der Waals surface area contributed by atoms with E-state index < -0.39 is 0 Å². The summed E-state index contributed by atoms with van der Waals surface area (Å²) in [6.07, 6.45) is 3.65. The van der Waals surface area contributed by atoms with Crippen molar-refractivity contribution in [1.29, 1.82) is 0 Å². The first-order valence-corrected chi connectivity index (χ1v) is 9.86. The maximum Gasteiger partial charge on any atom is 0.238 e. The van der Waals surface area contributed by atoms with Crippen molar-refractivity contribution in [3.05, 3.63) is 71.8 Å². The number of hydrogen-bond donors (Lipinski definition) is 0. The molecule has 0 radical (unpaired) electrons. The van der Waals surface area contributed by atoms with Crippen molar-refractivity contribution >= 4 is 11.8 Å². The lowest BCUT2D eigenvalue weighted by molar-refractivity contribution is -0.141. The van der Waals surface area contributed by atoms with Crippen LogP contribution in [0.5, 0.6) is 0 Å². The number of nitrogens with zero attached hydrogens (tertiary/aromatic N) is 2. The monoisotopic (exact) mass is 362 g/mol. The van der Waals surface area contributed by atoms with Crippen molar-refractivity contribution in [3.8, 4) is 0 Å². The topological polar surface area (TPSA) is 40.6 Å². The Morgan fingerprint density at radius 3 is 2.15 bits per heavy atom. The maximum absolute atomic E-state index is 12.8. The minimum atomic E-state index is -0.311. The van der Waals surface area contributed by atoms with Crippen LogP contribution in [0.15, 0.2) is 60.7 Å². The molecule has 0 saturated carbocycles. The lowest BCUT2D eigenvalue weighted by atomic mass is 9.90. The van der Waals surface area contributed by atoms with E-state index in [4.69, 9.17) is 0 Å². The zero-order chi connectivity index (χ0) is 18.6. The molecule has 2 amide bonds. The lowest BCUT2D eigenvalue weighted by Gasteiger charge is -2.34. The summed E-state index contributed by atoms with van der Waals surface area (Å²) in [6.45, 7) is 2.34. The zero-order valence-electron chi connectivity index (χ0n) is 15.6. The van der Waals surface area contributed by atoms with E-state index in [0.717, 1.165) is 37.9 Å². The summed E-state index contributed by atoms with van der Waals surface area (Å²) in [4.78, 5) is 28.9. The number of piperidine rings is 1. The van der Waals surface area contributed by atoms with E-state index in [0.29, 0.717) is 19.0 Å². The Kier molecular flexibility index (Phi) is 5.35. The molecule has 2 aliphatic rings. The predicted molar refractivity (Wildman–Crippen MR) is 105 cm³/mol. The molecule has 0 unspecified atom stereocenters. The van der Waals surface area contributed by atoms with Crippen molar-refractivity contribution in [2.45, 2.75) is 31.6 Å². The van der Waals surface area contributed by atoms with Crippen LogP contribution in [0.3, 0.4) is 0 Å². The van der Waals surface area contributed by atoms with E-state index in [1.165, 1.54) is 10.5 Å². The van der Waals surface area contributed by atoms with E-state index >= 15 is 0 Å². The van der Waals surface area contributed by atoms with Gasteiger partial charge in [-0.1, -0.05) is 60.7 Å². The molecule has 140 valence electrons. The number of hydrogen-bond acceptors (Lipinski definition) is 3. The highest BCUT2D eigenvalue weighted by Gasteiger charge is 2.40. The Labute approximate surface area is 160 Å². The third kappa shape index (κ3) is 4.11. The quantitative estimate of drug-likeness (QED) is 0.765. The highest BCUT2D eigenvalue weighted by molar-refractivity contribution is 6.06. The fraction of sp³-hybridized carbons (Fsp3) is 0.391. The Morgan fingerprint density at radius 2 is 1.48 bits per heavy atom. The van der Waals surface area contributed by atoms with Crippen LogP contribution in [0.2, 0.25) is 0 Å². The van der Waals surface area contributed by atoms with Crippen LogP contribution in [0.1, 0.15) is 36.3 Å². The van der Waals surface area contributed by atoms with Gasteiger partial charge in [-0.05, 0) is 36.3 Å². The number of amides is 2. The molecule has 2 fully saturated rings. The van der Waals surface area contributed by atoms with Gasteiger partial charge in [-0.3, -0.25) is 19.4 Å². The average Bonchev–Trinajstić information content (AvgIpc) is 2.99. The second kappa shape index (κ2) is 8.05. The van der Waals surface area contributed by atoms with Gasteiger partial charge in [0.15, 0.2) is 0 Å². The van der Waals surface area contributed by atoms with Crippen molar-refractivity contribution in [1.82, 2.24) is 9.80 Å². The smallest absolute Gasteiger partial charge is 0.238 e. The first kappa shape index (κ1) is 17.9. The molecule has 0 spiro atoms. The average molecular weight is 362 g/mol. The van der Waals surface area contributed by atoms with E-state index in [9.17, 15) is 9.59 Å². The summed E-state index contributed by atoms with van der Waals surface area (Å²) < 4.78 is 0. The molecule has 1 atom stereocenters. The first-order chi connectivity index (χ1) is 13.2. The number of imide groups is 1. The molecular weight excluding hydrogens is 336 g/mol. The van der Waals surface area contributed by atoms with Gasteiger partial charge in [0.05, 0.1) is 12.6 Å². The summed E-state index contributed by atoms with van der Waals surface area (Å²) in [5.41, 5.74) is 2.34. The summed E-state index contributed by atoms with van der Waals surface area (Å²) in [6, 6.07) is 20.3. The summed E-state index contributed by atoms with van der Waals surface area (Å²) in [5.74, 6) is 0.290. The van der Waals surface area contributed by atoms with Crippen molar-refractivity contribution in [3.63, 3.8) is 0 Å². The van der Waals surface area contributed by atoms with E-state index in [1.807, 2.05) is 30.3 Å². The molecule has 0 bridgehead atoms. The predicted octanol–water partition coefficient (Wildman–Crippen LogP) is 3.44. The van der Waals surface area contributed by atoms with Crippen molar-refractivity contribution in [2.75, 3.05) is 19.8 Å². The Morgan fingerprint density at radius 1 is 0.852 bits per heavy atom. The second-order valence-electron chi connectivity index (χ2n) is 7.72. The van der Waals surface area contributed by atoms with Crippen molar-refractivity contribution < 1.29 is 9.59 Å². The van der Waals surface area contributed by atoms with Crippen LogP contribution < -0.4 is 0 Å². The molecule has 2 heterocycles. The molecular formula is C23H26N2O2. The molecule has 4 heteroatoms. The van der Waals surface area contributed by atoms with Crippen LogP contribution in [-0.2, 0) is 16.0 Å². The SMILES string of the molecule is O=C1C[C@H](c2ccccc2)C(=O)N1CN1CCC(Cc2ccccc2)CC1. The van der Waals surface area contributed by atoms with Gasteiger partial charge in [0.2, 0.25) is 11.8 Å². The fourth-order valence-corrected chi connectivity index (χ4v) is 4.26. The van der Waals surface area contributed by atoms with Crippen LogP contribution in [-0.4, -0.2) is 41.4 Å². The summed E-state index contributed by atoms with van der Waals surface area (Å²) >= 11 is 0. The van der Waals surface area contributed by atoms with Crippen LogP contribution in [0.4, 0.5) is 0 Å². The maximum atomic E-state index is 12.8. The molecule has 4 rings (SSSR count). The highest BCUT2D eigenvalue weighted by Crippen LogP contribution is 2.30. The molecule has 0 aromatic heterocycles.